The third kappa shape index (κ3) is 6.27. The number of allylic oxidation sites excluding steroid dienone is 4. The van der Waals surface area contributed by atoms with Gasteiger partial charge in [0, 0.05) is 44.5 Å². The number of benzene rings is 5. The van der Waals surface area contributed by atoms with Crippen LogP contribution in [0.15, 0.2) is 187 Å². The first kappa shape index (κ1) is 31.3. The Labute approximate surface area is 292 Å². The minimum Gasteiger partial charge on any atom is -0.309 e. The molecule has 0 bridgehead atoms. The van der Waals surface area contributed by atoms with Gasteiger partial charge in [0.05, 0.1) is 5.69 Å². The molecule has 8 rings (SSSR count). The lowest BCUT2D eigenvalue weighted by Crippen LogP contribution is -2.19. The van der Waals surface area contributed by atoms with E-state index in [1.54, 1.807) is 0 Å². The maximum absolute atomic E-state index is 15.1. The van der Waals surface area contributed by atoms with E-state index in [2.05, 4.69) is 24.3 Å². The smallest absolute Gasteiger partial charge is 0.167 e. The van der Waals surface area contributed by atoms with E-state index < -0.39 is 7.14 Å². The molecule has 1 atom stereocenters. The highest BCUT2D eigenvalue weighted by Gasteiger charge is 2.34. The topological polar surface area (TPSA) is 68.6 Å². The molecule has 6 heteroatoms. The van der Waals surface area contributed by atoms with Gasteiger partial charge in [-0.3, -0.25) is 4.98 Å². The minimum atomic E-state index is -3.06. The van der Waals surface area contributed by atoms with Crippen LogP contribution in [-0.4, -0.2) is 19.9 Å². The van der Waals surface area contributed by atoms with Crippen molar-refractivity contribution in [3.8, 4) is 45.4 Å². The first-order chi connectivity index (χ1) is 24.6. The van der Waals surface area contributed by atoms with Gasteiger partial charge in [0.15, 0.2) is 24.6 Å². The summed E-state index contributed by atoms with van der Waals surface area (Å²) in [5, 5.41) is 2.61. The fourth-order valence-corrected chi connectivity index (χ4v) is 9.32. The summed E-state index contributed by atoms with van der Waals surface area (Å²) in [6.07, 6.45) is 6.84. The third-order valence-corrected chi connectivity index (χ3v) is 12.2. The van der Waals surface area contributed by atoms with Gasteiger partial charge in [-0.15, -0.1) is 0 Å². The Kier molecular flexibility index (Phi) is 8.65. The Bertz CT molecular complexity index is 2280. The number of nitrogens with zero attached hydrogens (tertiary/aromatic N) is 4. The molecule has 0 fully saturated rings. The summed E-state index contributed by atoms with van der Waals surface area (Å²) < 4.78 is 15.1. The Morgan fingerprint density at radius 2 is 0.960 bits per heavy atom. The normalized spacial score (nSPS) is 14.2. The van der Waals surface area contributed by atoms with Crippen LogP contribution in [0.2, 0.25) is 0 Å². The molecule has 0 amide bonds. The lowest BCUT2D eigenvalue weighted by atomic mass is 9.96. The highest BCUT2D eigenvalue weighted by Crippen LogP contribution is 2.55. The van der Waals surface area contributed by atoms with Crippen molar-refractivity contribution in [3.63, 3.8) is 0 Å². The fourth-order valence-electron chi connectivity index (χ4n) is 6.43. The second-order valence-electron chi connectivity index (χ2n) is 12.2. The van der Waals surface area contributed by atoms with Crippen molar-refractivity contribution in [2.24, 2.45) is 0 Å². The number of pyridine rings is 1. The maximum Gasteiger partial charge on any atom is 0.167 e. The minimum absolute atomic E-state index is 0.0238. The van der Waals surface area contributed by atoms with Crippen LogP contribution in [0, 0.1) is 0 Å². The van der Waals surface area contributed by atoms with E-state index in [9.17, 15) is 0 Å². The fraction of sp³-hybridized carbons (Fsp3) is 0.0455. The Balaban J connectivity index is 1.13. The van der Waals surface area contributed by atoms with Crippen LogP contribution in [0.3, 0.4) is 0 Å². The molecule has 5 nitrogen and oxygen atoms in total. The van der Waals surface area contributed by atoms with Gasteiger partial charge in [-0.25, -0.2) is 15.0 Å². The molecule has 0 saturated carbocycles. The molecule has 0 aliphatic heterocycles. The molecule has 0 saturated heterocycles. The Morgan fingerprint density at radius 3 is 1.54 bits per heavy atom. The predicted molar refractivity (Wildman–Crippen MR) is 204 cm³/mol. The van der Waals surface area contributed by atoms with E-state index in [-0.39, 0.29) is 5.92 Å². The lowest BCUT2D eigenvalue weighted by molar-refractivity contribution is 0.588. The highest BCUT2D eigenvalue weighted by atomic mass is 31.2. The van der Waals surface area contributed by atoms with Gasteiger partial charge in [-0.1, -0.05) is 164 Å². The summed E-state index contributed by atoms with van der Waals surface area (Å²) >= 11 is 0. The summed E-state index contributed by atoms with van der Waals surface area (Å²) in [6.45, 7) is 0. The van der Waals surface area contributed by atoms with E-state index in [0.29, 0.717) is 23.9 Å². The molecule has 1 unspecified atom stereocenters. The van der Waals surface area contributed by atoms with Gasteiger partial charge in [-0.05, 0) is 29.9 Å². The van der Waals surface area contributed by atoms with Crippen molar-refractivity contribution in [3.05, 3.63) is 193 Å². The van der Waals surface area contributed by atoms with Gasteiger partial charge in [0.2, 0.25) is 0 Å². The monoisotopic (exact) mass is 664 g/mol. The zero-order valence-corrected chi connectivity index (χ0v) is 28.1. The van der Waals surface area contributed by atoms with Crippen molar-refractivity contribution in [1.82, 2.24) is 19.9 Å². The molecule has 2 aromatic heterocycles. The molecular formula is C44H33N4OP. The average molecular weight is 665 g/mol. The number of rotatable bonds is 8. The largest absolute Gasteiger partial charge is 0.309 e. The van der Waals surface area contributed by atoms with E-state index in [1.165, 1.54) is 0 Å². The van der Waals surface area contributed by atoms with Gasteiger partial charge in [0.1, 0.15) is 0 Å². The quantitative estimate of drug-likeness (QED) is 0.151. The van der Waals surface area contributed by atoms with Crippen LogP contribution < -0.4 is 10.6 Å². The highest BCUT2D eigenvalue weighted by molar-refractivity contribution is 7.82. The molecule has 0 radical (unpaired) electrons. The van der Waals surface area contributed by atoms with Gasteiger partial charge < -0.3 is 4.57 Å². The van der Waals surface area contributed by atoms with Crippen LogP contribution >= 0.6 is 7.14 Å². The van der Waals surface area contributed by atoms with Crippen LogP contribution in [-0.2, 0) is 4.57 Å². The molecule has 1 aliphatic rings. The Hall–Kier alpha value is -6.03. The summed E-state index contributed by atoms with van der Waals surface area (Å²) in [5.74, 6) is 1.81. The van der Waals surface area contributed by atoms with Gasteiger partial charge >= 0.3 is 0 Å². The van der Waals surface area contributed by atoms with Crippen LogP contribution in [0.1, 0.15) is 18.0 Å². The molecule has 0 spiro atoms. The van der Waals surface area contributed by atoms with E-state index in [4.69, 9.17) is 19.9 Å². The lowest BCUT2D eigenvalue weighted by Gasteiger charge is -2.27. The second kappa shape index (κ2) is 13.8. The second-order valence-corrected chi connectivity index (χ2v) is 15.0. The zero-order valence-electron chi connectivity index (χ0n) is 27.2. The van der Waals surface area contributed by atoms with Crippen molar-refractivity contribution < 1.29 is 4.57 Å². The van der Waals surface area contributed by atoms with E-state index in [0.717, 1.165) is 49.6 Å². The zero-order chi connectivity index (χ0) is 33.8. The molecule has 240 valence electrons. The first-order valence-corrected chi connectivity index (χ1v) is 18.4. The Morgan fingerprint density at radius 1 is 0.480 bits per heavy atom. The van der Waals surface area contributed by atoms with Crippen LogP contribution in [0.25, 0.3) is 45.4 Å². The van der Waals surface area contributed by atoms with Crippen molar-refractivity contribution in [2.75, 3.05) is 0 Å². The van der Waals surface area contributed by atoms with Crippen LogP contribution in [0.4, 0.5) is 0 Å². The SMILES string of the molecule is O=P(C1=CC=CC(c2cccc(-c3cccc(-c4nc(-c5ccccc5)nc(-c5ccccc5)n4)c3)n2)C1)(c1ccccc1)c1ccccc1. The summed E-state index contributed by atoms with van der Waals surface area (Å²) in [6, 6.07) is 54.0. The first-order valence-electron chi connectivity index (χ1n) is 16.7. The van der Waals surface area contributed by atoms with Crippen molar-refractivity contribution >= 4 is 17.8 Å². The predicted octanol–water partition coefficient (Wildman–Crippen LogP) is 9.88. The number of hydrogen-bond acceptors (Lipinski definition) is 5. The van der Waals surface area contributed by atoms with Gasteiger partial charge in [-0.2, -0.15) is 0 Å². The standard InChI is InChI=1S/C44H33N4OP/c49-50(37-23-9-3-10-24-37,38-25-11-4-12-26-38)39-27-14-21-35(31-39)41-29-15-28-40(45-41)34-20-13-22-36(30-34)44-47-42(32-16-5-1-6-17-32)46-43(48-44)33-18-7-2-8-19-33/h1-30,35H,31H2. The van der Waals surface area contributed by atoms with Crippen molar-refractivity contribution in [1.29, 1.82) is 0 Å². The molecule has 1 aliphatic carbocycles. The third-order valence-electron chi connectivity index (χ3n) is 8.97. The average Bonchev–Trinajstić information content (AvgIpc) is 3.22. The van der Waals surface area contributed by atoms with E-state index in [1.807, 2.05) is 158 Å². The molecule has 50 heavy (non-hydrogen) atoms. The summed E-state index contributed by atoms with van der Waals surface area (Å²) in [5.41, 5.74) is 5.47. The van der Waals surface area contributed by atoms with Gasteiger partial charge in [0.25, 0.3) is 0 Å². The molecule has 0 N–H and O–H groups in total. The summed E-state index contributed by atoms with van der Waals surface area (Å²) in [7, 11) is -3.06. The number of hydrogen-bond donors (Lipinski definition) is 0. The van der Waals surface area contributed by atoms with E-state index >= 15 is 4.57 Å². The summed E-state index contributed by atoms with van der Waals surface area (Å²) in [4.78, 5) is 19.9. The van der Waals surface area contributed by atoms with Crippen LogP contribution in [0.5, 0.6) is 0 Å². The number of aromatic nitrogens is 4. The molecule has 7 aromatic rings. The van der Waals surface area contributed by atoms with Crippen molar-refractivity contribution in [2.45, 2.75) is 12.3 Å². The molecule has 5 aromatic carbocycles. The maximum atomic E-state index is 15.1. The molecular weight excluding hydrogens is 631 g/mol. The molecule has 2 heterocycles.